The van der Waals surface area contributed by atoms with E-state index in [1.807, 2.05) is 39.0 Å². The lowest BCUT2D eigenvalue weighted by Gasteiger charge is -2.34. The van der Waals surface area contributed by atoms with E-state index in [0.717, 1.165) is 17.8 Å². The summed E-state index contributed by atoms with van der Waals surface area (Å²) in [5.41, 5.74) is 3.14. The summed E-state index contributed by atoms with van der Waals surface area (Å²) in [6.45, 7) is 6.59. The molecule has 2 aliphatic rings. The SMILES string of the molecule is CC(C)(C)OC(=O)N1CCC(n2c(SCC3=Nc4ccccc4C3)nc3nccnc3c2=O)CC1. The molecule has 0 aliphatic carbocycles. The maximum atomic E-state index is 13.5. The van der Waals surface area contributed by atoms with E-state index >= 15 is 0 Å². The van der Waals surface area contributed by atoms with Gasteiger partial charge in [-0.25, -0.2) is 19.7 Å². The number of thioether (sulfide) groups is 1. The average molecular weight is 493 g/mol. The topological polar surface area (TPSA) is 103 Å². The van der Waals surface area contributed by atoms with E-state index in [4.69, 9.17) is 14.7 Å². The number of rotatable bonds is 4. The van der Waals surface area contributed by atoms with E-state index in [1.165, 1.54) is 23.5 Å². The third-order valence-corrected chi connectivity index (χ3v) is 7.05. The Morgan fingerprint density at radius 3 is 2.63 bits per heavy atom. The lowest BCUT2D eigenvalue weighted by Crippen LogP contribution is -2.43. The molecule has 10 heteroatoms. The van der Waals surface area contributed by atoms with Gasteiger partial charge in [0.15, 0.2) is 16.3 Å². The van der Waals surface area contributed by atoms with E-state index in [-0.39, 0.29) is 23.2 Å². The van der Waals surface area contributed by atoms with Gasteiger partial charge < -0.3 is 9.64 Å². The molecule has 1 saturated heterocycles. The Hall–Kier alpha value is -3.27. The molecule has 0 bridgehead atoms. The van der Waals surface area contributed by atoms with Gasteiger partial charge in [-0.2, -0.15) is 0 Å². The second-order valence-corrected chi connectivity index (χ2v) is 10.7. The first-order valence-electron chi connectivity index (χ1n) is 11.8. The third-order valence-electron chi connectivity index (χ3n) is 6.02. The highest BCUT2D eigenvalue weighted by molar-refractivity contribution is 7.99. The number of piperidine rings is 1. The molecule has 5 rings (SSSR count). The number of aliphatic imine (C=N–C) groups is 1. The van der Waals surface area contributed by atoms with Crippen molar-refractivity contribution in [2.45, 2.75) is 56.8 Å². The molecule has 0 N–H and O–H groups in total. The molecule has 0 unspecified atom stereocenters. The van der Waals surface area contributed by atoms with Crippen LogP contribution in [-0.4, -0.2) is 60.7 Å². The molecule has 2 aromatic heterocycles. The van der Waals surface area contributed by atoms with E-state index in [1.54, 1.807) is 15.7 Å². The number of fused-ring (bicyclic) bond motifs is 2. The second-order valence-electron chi connectivity index (χ2n) is 9.77. The fourth-order valence-electron chi connectivity index (χ4n) is 4.40. The molecule has 1 amide bonds. The van der Waals surface area contributed by atoms with Crippen LogP contribution in [0.2, 0.25) is 0 Å². The van der Waals surface area contributed by atoms with Crippen molar-refractivity contribution in [1.29, 1.82) is 0 Å². The molecule has 0 saturated carbocycles. The smallest absolute Gasteiger partial charge is 0.410 e. The van der Waals surface area contributed by atoms with Gasteiger partial charge in [-0.1, -0.05) is 30.0 Å². The highest BCUT2D eigenvalue weighted by Gasteiger charge is 2.30. The summed E-state index contributed by atoms with van der Waals surface area (Å²) in [6.07, 6.45) is 4.80. The molecule has 1 fully saturated rings. The molecular weight excluding hydrogens is 464 g/mol. The highest BCUT2D eigenvalue weighted by Crippen LogP contribution is 2.31. The van der Waals surface area contributed by atoms with Crippen LogP contribution in [0.1, 0.15) is 45.2 Å². The normalized spacial score (nSPS) is 16.3. The van der Waals surface area contributed by atoms with E-state index < -0.39 is 5.60 Å². The van der Waals surface area contributed by atoms with Crippen molar-refractivity contribution in [2.75, 3.05) is 18.8 Å². The number of nitrogens with zero attached hydrogens (tertiary/aromatic N) is 6. The molecule has 0 atom stereocenters. The minimum absolute atomic E-state index is 0.0923. The first-order valence-corrected chi connectivity index (χ1v) is 12.8. The highest BCUT2D eigenvalue weighted by atomic mass is 32.2. The zero-order valence-electron chi connectivity index (χ0n) is 20.1. The summed E-state index contributed by atoms with van der Waals surface area (Å²) < 4.78 is 7.26. The van der Waals surface area contributed by atoms with E-state index in [2.05, 4.69) is 16.0 Å². The number of amides is 1. The minimum atomic E-state index is -0.543. The number of ether oxygens (including phenoxy) is 1. The zero-order valence-corrected chi connectivity index (χ0v) is 20.9. The first kappa shape index (κ1) is 23.5. The van der Waals surface area contributed by atoms with Crippen LogP contribution in [0.4, 0.5) is 10.5 Å². The largest absolute Gasteiger partial charge is 0.444 e. The number of likely N-dealkylation sites (tertiary alicyclic amines) is 1. The Kier molecular flexibility index (Phi) is 6.31. The molecule has 0 spiro atoms. The van der Waals surface area contributed by atoms with Crippen LogP contribution in [0.25, 0.3) is 11.2 Å². The van der Waals surface area contributed by atoms with Gasteiger partial charge >= 0.3 is 6.09 Å². The fourth-order valence-corrected chi connectivity index (χ4v) is 5.38. The van der Waals surface area contributed by atoms with Gasteiger partial charge in [0.2, 0.25) is 0 Å². The molecule has 1 aromatic carbocycles. The van der Waals surface area contributed by atoms with Crippen LogP contribution in [-0.2, 0) is 11.2 Å². The lowest BCUT2D eigenvalue weighted by molar-refractivity contribution is 0.0184. The van der Waals surface area contributed by atoms with Crippen molar-refractivity contribution in [1.82, 2.24) is 24.4 Å². The van der Waals surface area contributed by atoms with Gasteiger partial charge in [-0.15, -0.1) is 0 Å². The fraction of sp³-hybridized carbons (Fsp3) is 0.440. The lowest BCUT2D eigenvalue weighted by atomic mass is 10.1. The first-order chi connectivity index (χ1) is 16.8. The maximum absolute atomic E-state index is 13.5. The number of benzene rings is 1. The van der Waals surface area contributed by atoms with Crippen LogP contribution in [0.15, 0.2) is 51.6 Å². The van der Waals surface area contributed by atoms with Crippen molar-refractivity contribution in [3.8, 4) is 0 Å². The number of hydrogen-bond acceptors (Lipinski definition) is 8. The van der Waals surface area contributed by atoms with Crippen LogP contribution < -0.4 is 5.56 Å². The Labute approximate surface area is 207 Å². The number of hydrogen-bond donors (Lipinski definition) is 0. The molecule has 3 aromatic rings. The Bertz CT molecular complexity index is 1360. The maximum Gasteiger partial charge on any atom is 0.410 e. The minimum Gasteiger partial charge on any atom is -0.444 e. The number of carbonyl (C=O) groups excluding carboxylic acids is 1. The van der Waals surface area contributed by atoms with Crippen LogP contribution >= 0.6 is 11.8 Å². The molecule has 2 aliphatic heterocycles. The van der Waals surface area contributed by atoms with Crippen molar-refractivity contribution in [2.24, 2.45) is 4.99 Å². The monoisotopic (exact) mass is 492 g/mol. The average Bonchev–Trinajstić information content (AvgIpc) is 3.25. The van der Waals surface area contributed by atoms with Gasteiger partial charge in [-0.05, 0) is 45.2 Å². The summed E-state index contributed by atoms with van der Waals surface area (Å²) >= 11 is 1.50. The van der Waals surface area contributed by atoms with Gasteiger partial charge in [0.05, 0.1) is 5.69 Å². The van der Waals surface area contributed by atoms with Crippen LogP contribution in [0.5, 0.6) is 0 Å². The summed E-state index contributed by atoms with van der Waals surface area (Å²) in [5.74, 6) is 0.629. The number of aromatic nitrogens is 4. The molecule has 4 heterocycles. The summed E-state index contributed by atoms with van der Waals surface area (Å²) in [5, 5.41) is 0.609. The summed E-state index contributed by atoms with van der Waals surface area (Å²) in [6, 6.07) is 8.03. The van der Waals surface area contributed by atoms with Crippen molar-refractivity contribution < 1.29 is 9.53 Å². The van der Waals surface area contributed by atoms with Crippen molar-refractivity contribution >= 4 is 40.4 Å². The number of para-hydroxylation sites is 1. The van der Waals surface area contributed by atoms with Gasteiger partial charge in [0.25, 0.3) is 5.56 Å². The van der Waals surface area contributed by atoms with Crippen molar-refractivity contribution in [3.05, 3.63) is 52.6 Å². The Balaban J connectivity index is 1.38. The Morgan fingerprint density at radius 1 is 1.14 bits per heavy atom. The standard InChI is InChI=1S/C25H28N6O3S/c1-25(2,3)34-24(33)30-12-8-18(9-13-30)31-22(32)20-21(27-11-10-26-20)29-23(31)35-15-17-14-16-6-4-5-7-19(16)28-17/h4-7,10-11,18H,8-9,12-15H2,1-3H3. The molecule has 35 heavy (non-hydrogen) atoms. The molecule has 0 radical (unpaired) electrons. The zero-order chi connectivity index (χ0) is 24.6. The van der Waals surface area contributed by atoms with Crippen molar-refractivity contribution in [3.63, 3.8) is 0 Å². The van der Waals surface area contributed by atoms with Gasteiger partial charge in [0.1, 0.15) is 5.60 Å². The van der Waals surface area contributed by atoms with E-state index in [9.17, 15) is 9.59 Å². The molecule has 9 nitrogen and oxygen atoms in total. The third kappa shape index (κ3) is 5.07. The summed E-state index contributed by atoms with van der Waals surface area (Å²) in [7, 11) is 0. The quantitative estimate of drug-likeness (QED) is 0.398. The number of carbonyl (C=O) groups is 1. The molecule has 182 valence electrons. The van der Waals surface area contributed by atoms with Crippen LogP contribution in [0.3, 0.4) is 0 Å². The summed E-state index contributed by atoms with van der Waals surface area (Å²) in [4.78, 5) is 45.7. The molecular formula is C25H28N6O3S. The predicted molar refractivity (Wildman–Crippen MR) is 136 cm³/mol. The van der Waals surface area contributed by atoms with Crippen LogP contribution in [0, 0.1) is 0 Å². The van der Waals surface area contributed by atoms with E-state index in [0.29, 0.717) is 42.5 Å². The van der Waals surface area contributed by atoms with Gasteiger partial charge in [0, 0.05) is 49.4 Å². The second kappa shape index (κ2) is 9.41. The predicted octanol–water partition coefficient (Wildman–Crippen LogP) is 4.18. The van der Waals surface area contributed by atoms with Gasteiger partial charge in [-0.3, -0.25) is 14.4 Å². The Morgan fingerprint density at radius 2 is 1.89 bits per heavy atom.